The van der Waals surface area contributed by atoms with Crippen molar-refractivity contribution in [3.63, 3.8) is 0 Å². The van der Waals surface area contributed by atoms with Gasteiger partial charge in [-0.05, 0) is 57.9 Å². The van der Waals surface area contributed by atoms with E-state index in [-0.39, 0.29) is 36.0 Å². The summed E-state index contributed by atoms with van der Waals surface area (Å²) in [5.41, 5.74) is 0.546. The van der Waals surface area contributed by atoms with Crippen LogP contribution in [0.3, 0.4) is 0 Å². The Morgan fingerprint density at radius 1 is 1.17 bits per heavy atom. The molecule has 1 amide bonds. The molecule has 3 aliphatic rings. The van der Waals surface area contributed by atoms with Gasteiger partial charge in [-0.3, -0.25) is 4.79 Å². The Balaban J connectivity index is 1.51. The number of carbonyl (C=O) groups excluding carboxylic acids is 2. The third-order valence-corrected chi connectivity index (χ3v) is 7.50. The number of Topliss-reactive ketones (excluding diaryl/α,β-unsaturated/α-hetero) is 1. The maximum absolute atomic E-state index is 12.2. The topological polar surface area (TPSA) is 97.4 Å². The molecule has 3 rings (SSSR count). The van der Waals surface area contributed by atoms with Gasteiger partial charge in [0.05, 0.1) is 31.0 Å². The fourth-order valence-electron chi connectivity index (χ4n) is 5.06. The van der Waals surface area contributed by atoms with Crippen LogP contribution in [0.2, 0.25) is 0 Å². The quantitative estimate of drug-likeness (QED) is 0.265. The number of aliphatic hydroxyl groups is 1. The summed E-state index contributed by atoms with van der Waals surface area (Å²) in [4.78, 5) is 23.6. The van der Waals surface area contributed by atoms with Gasteiger partial charge >= 0.3 is 0 Å². The van der Waals surface area contributed by atoms with Crippen molar-refractivity contribution in [3.05, 3.63) is 36.0 Å². The Morgan fingerprint density at radius 2 is 1.89 bits per heavy atom. The highest BCUT2D eigenvalue weighted by atomic mass is 16.6. The van der Waals surface area contributed by atoms with E-state index in [2.05, 4.69) is 18.3 Å². The molecule has 202 valence electrons. The first-order chi connectivity index (χ1) is 17.0. The summed E-state index contributed by atoms with van der Waals surface area (Å²) in [6.45, 7) is 12.4. The molecule has 2 N–H and O–H groups in total. The number of carbonyl (C=O) groups is 2. The predicted octanol–water partition coefficient (Wildman–Crippen LogP) is 4.05. The highest BCUT2D eigenvalue weighted by Crippen LogP contribution is 2.43. The molecule has 0 aromatic rings. The Bertz CT molecular complexity index is 858. The zero-order chi connectivity index (χ0) is 26.5. The number of rotatable bonds is 10. The van der Waals surface area contributed by atoms with Crippen molar-refractivity contribution in [1.29, 1.82) is 0 Å². The average Bonchev–Trinajstić information content (AvgIpc) is 3.58. The van der Waals surface area contributed by atoms with Gasteiger partial charge in [0, 0.05) is 12.8 Å². The van der Waals surface area contributed by atoms with Crippen LogP contribution in [0, 0.1) is 11.8 Å². The van der Waals surface area contributed by atoms with Crippen molar-refractivity contribution in [3.8, 4) is 0 Å². The first-order valence-electron chi connectivity index (χ1n) is 13.4. The smallest absolute Gasteiger partial charge is 0.243 e. The lowest BCUT2D eigenvalue weighted by Gasteiger charge is -2.39. The third-order valence-electron chi connectivity index (χ3n) is 7.50. The number of nitrogens with one attached hydrogen (secondary N) is 1. The molecule has 3 heterocycles. The lowest BCUT2D eigenvalue weighted by Crippen LogP contribution is -2.50. The van der Waals surface area contributed by atoms with Crippen molar-refractivity contribution >= 4 is 11.7 Å². The minimum Gasteiger partial charge on any atom is -0.387 e. The summed E-state index contributed by atoms with van der Waals surface area (Å²) < 4.78 is 18.0. The Labute approximate surface area is 216 Å². The summed E-state index contributed by atoms with van der Waals surface area (Å²) in [5, 5.41) is 13.9. The maximum atomic E-state index is 12.2. The molecule has 3 aliphatic heterocycles. The van der Waals surface area contributed by atoms with E-state index in [1.807, 2.05) is 45.9 Å². The third kappa shape index (κ3) is 8.10. The number of hydrogen-bond acceptors (Lipinski definition) is 6. The normalized spacial score (nSPS) is 37.2. The van der Waals surface area contributed by atoms with E-state index in [0.29, 0.717) is 37.7 Å². The molecular weight excluding hydrogens is 458 g/mol. The molecule has 1 spiro atoms. The van der Waals surface area contributed by atoms with Crippen molar-refractivity contribution in [2.45, 2.75) is 116 Å². The minimum atomic E-state index is -0.708. The fraction of sp³-hybridized carbons (Fsp3) is 0.724. The van der Waals surface area contributed by atoms with E-state index >= 15 is 0 Å². The molecule has 36 heavy (non-hydrogen) atoms. The molecule has 0 unspecified atom stereocenters. The van der Waals surface area contributed by atoms with Crippen LogP contribution in [-0.4, -0.2) is 65.6 Å². The van der Waals surface area contributed by atoms with Crippen LogP contribution < -0.4 is 5.32 Å². The van der Waals surface area contributed by atoms with Gasteiger partial charge in [0.2, 0.25) is 5.91 Å². The number of epoxide rings is 1. The molecule has 8 atom stereocenters. The first kappa shape index (κ1) is 28.8. The summed E-state index contributed by atoms with van der Waals surface area (Å²) in [6.07, 6.45) is 11.7. The number of ether oxygens (including phenoxy) is 3. The predicted molar refractivity (Wildman–Crippen MR) is 139 cm³/mol. The first-order valence-corrected chi connectivity index (χ1v) is 13.4. The maximum Gasteiger partial charge on any atom is 0.243 e. The second kappa shape index (κ2) is 12.6. The van der Waals surface area contributed by atoms with Crippen LogP contribution in [0.5, 0.6) is 0 Å². The second-order valence-electron chi connectivity index (χ2n) is 11.3. The SMILES string of the molecule is CC(=O)CC[C@@H]1C[C@@]2(CO2)[C@H](O)[C@@H](/C=C/C(C)=C/C[C@@H]2O[C@H](C)[C@H](NC(=O)/C=C\C(C)C)C[C@@H]2C)O1. The molecule has 3 saturated heterocycles. The van der Waals surface area contributed by atoms with E-state index in [0.717, 1.165) is 18.4 Å². The Kier molecular flexibility index (Phi) is 10.1. The summed E-state index contributed by atoms with van der Waals surface area (Å²) in [5.74, 6) is 0.731. The van der Waals surface area contributed by atoms with Gasteiger partial charge in [0.15, 0.2) is 0 Å². The monoisotopic (exact) mass is 503 g/mol. The van der Waals surface area contributed by atoms with E-state index in [4.69, 9.17) is 14.2 Å². The molecule has 0 aromatic carbocycles. The molecular formula is C29H45NO6. The van der Waals surface area contributed by atoms with Crippen molar-refractivity contribution < 1.29 is 28.9 Å². The molecule has 0 aromatic heterocycles. The van der Waals surface area contributed by atoms with E-state index < -0.39 is 17.8 Å². The molecule has 0 bridgehead atoms. The lowest BCUT2D eigenvalue weighted by atomic mass is 9.87. The van der Waals surface area contributed by atoms with E-state index in [1.165, 1.54) is 0 Å². The second-order valence-corrected chi connectivity index (χ2v) is 11.3. The van der Waals surface area contributed by atoms with Crippen molar-refractivity contribution in [2.75, 3.05) is 6.61 Å². The summed E-state index contributed by atoms with van der Waals surface area (Å²) >= 11 is 0. The van der Waals surface area contributed by atoms with Gasteiger partial charge < -0.3 is 29.4 Å². The van der Waals surface area contributed by atoms with Crippen molar-refractivity contribution in [1.82, 2.24) is 5.32 Å². The largest absolute Gasteiger partial charge is 0.387 e. The van der Waals surface area contributed by atoms with E-state index in [9.17, 15) is 14.7 Å². The van der Waals surface area contributed by atoms with Gasteiger partial charge in [-0.1, -0.05) is 50.6 Å². The number of ketones is 1. The van der Waals surface area contributed by atoms with Crippen LogP contribution in [-0.2, 0) is 23.8 Å². The Hall–Kier alpha value is -1.80. The molecule has 7 heteroatoms. The number of hydrogen-bond donors (Lipinski definition) is 2. The lowest BCUT2D eigenvalue weighted by molar-refractivity contribution is -0.137. The van der Waals surface area contributed by atoms with Gasteiger partial charge in [0.25, 0.3) is 0 Å². The van der Waals surface area contributed by atoms with Gasteiger partial charge in [-0.15, -0.1) is 0 Å². The van der Waals surface area contributed by atoms with Crippen LogP contribution in [0.25, 0.3) is 0 Å². The van der Waals surface area contributed by atoms with Crippen molar-refractivity contribution in [2.24, 2.45) is 11.8 Å². The van der Waals surface area contributed by atoms with Crippen LogP contribution >= 0.6 is 0 Å². The molecule has 0 saturated carbocycles. The molecule has 0 radical (unpaired) electrons. The van der Waals surface area contributed by atoms with Gasteiger partial charge in [-0.25, -0.2) is 0 Å². The van der Waals surface area contributed by atoms with Crippen LogP contribution in [0.15, 0.2) is 36.0 Å². The molecule has 7 nitrogen and oxygen atoms in total. The molecule has 3 fully saturated rings. The summed E-state index contributed by atoms with van der Waals surface area (Å²) in [6, 6.07) is 0.00313. The summed E-state index contributed by atoms with van der Waals surface area (Å²) in [7, 11) is 0. The highest BCUT2D eigenvalue weighted by Gasteiger charge is 2.58. The van der Waals surface area contributed by atoms with Gasteiger partial charge in [0.1, 0.15) is 23.6 Å². The van der Waals surface area contributed by atoms with Gasteiger partial charge in [-0.2, -0.15) is 0 Å². The van der Waals surface area contributed by atoms with E-state index in [1.54, 1.807) is 13.0 Å². The highest BCUT2D eigenvalue weighted by molar-refractivity contribution is 5.87. The fourth-order valence-corrected chi connectivity index (χ4v) is 5.06. The van der Waals surface area contributed by atoms with Crippen LogP contribution in [0.1, 0.15) is 73.6 Å². The minimum absolute atomic E-state index is 0.00313. The van der Waals surface area contributed by atoms with Crippen LogP contribution in [0.4, 0.5) is 0 Å². The number of allylic oxidation sites excluding steroid dienone is 3. The zero-order valence-electron chi connectivity index (χ0n) is 22.7. The number of amides is 1. The Morgan fingerprint density at radius 3 is 2.53 bits per heavy atom. The zero-order valence-corrected chi connectivity index (χ0v) is 22.7. The molecule has 0 aliphatic carbocycles. The average molecular weight is 504 g/mol. The standard InChI is InChI=1S/C29H45NO6/c1-18(2)7-14-27(32)30-24-15-20(4)25(35-22(24)6)12-8-19(3)9-13-26-28(33)29(17-34-29)16-23(36-26)11-10-21(5)31/h7-9,13-14,18,20,22-26,28,33H,10-12,15-17H2,1-6H3,(H,30,32)/b13-9+,14-7-,19-8+/t20-,22+,23+,24+,25-,26+,28+,29+/m0/s1. The number of aliphatic hydroxyl groups excluding tert-OH is 1.